The lowest BCUT2D eigenvalue weighted by Crippen LogP contribution is -1.96. The Balaban J connectivity index is 2.30. The van der Waals surface area contributed by atoms with Crippen LogP contribution < -0.4 is 0 Å². The van der Waals surface area contributed by atoms with Crippen molar-refractivity contribution in [1.29, 1.82) is 0 Å². The van der Waals surface area contributed by atoms with E-state index in [1.54, 1.807) is 12.1 Å². The number of carbonyl (C=O) groups is 1. The highest BCUT2D eigenvalue weighted by atomic mass is 19.3. The summed E-state index contributed by atoms with van der Waals surface area (Å²) in [4.78, 5) is 10.6. The van der Waals surface area contributed by atoms with Gasteiger partial charge in [-0.3, -0.25) is 0 Å². The number of benzene rings is 1. The number of carboxylic acids is 1. The average Bonchev–Trinajstić information content (AvgIpc) is 2.78. The van der Waals surface area contributed by atoms with Crippen molar-refractivity contribution in [2.75, 3.05) is 0 Å². The molecule has 4 nitrogen and oxygen atoms in total. The minimum Gasteiger partial charge on any atom is -0.478 e. The van der Waals surface area contributed by atoms with Gasteiger partial charge in [-0.25, -0.2) is 9.48 Å². The van der Waals surface area contributed by atoms with Crippen LogP contribution in [0.5, 0.6) is 0 Å². The highest BCUT2D eigenvalue weighted by Gasteiger charge is 2.09. The number of halogens is 2. The van der Waals surface area contributed by atoms with Gasteiger partial charge in [0.2, 0.25) is 0 Å². The second-order valence-corrected chi connectivity index (χ2v) is 3.37. The van der Waals surface area contributed by atoms with E-state index >= 15 is 0 Å². The van der Waals surface area contributed by atoms with E-state index in [1.807, 2.05) is 0 Å². The molecule has 1 aromatic carbocycles. The van der Waals surface area contributed by atoms with Crippen molar-refractivity contribution in [2.45, 2.75) is 6.55 Å². The van der Waals surface area contributed by atoms with Crippen LogP contribution in [-0.2, 0) is 0 Å². The van der Waals surface area contributed by atoms with Crippen molar-refractivity contribution in [3.63, 3.8) is 0 Å². The minimum absolute atomic E-state index is 0.148. The second-order valence-electron chi connectivity index (χ2n) is 3.37. The normalized spacial score (nSPS) is 10.8. The first-order valence-electron chi connectivity index (χ1n) is 4.74. The topological polar surface area (TPSA) is 55.1 Å². The first-order chi connectivity index (χ1) is 8.08. The number of carboxylic acid groups (broad SMARTS) is 1. The third kappa shape index (κ3) is 2.30. The molecule has 88 valence electrons. The van der Waals surface area contributed by atoms with Crippen LogP contribution in [0.3, 0.4) is 0 Å². The van der Waals surface area contributed by atoms with Crippen LogP contribution in [0, 0.1) is 0 Å². The van der Waals surface area contributed by atoms with Crippen molar-refractivity contribution in [2.24, 2.45) is 0 Å². The van der Waals surface area contributed by atoms with Crippen molar-refractivity contribution in [1.82, 2.24) is 9.78 Å². The molecule has 0 aliphatic heterocycles. The van der Waals surface area contributed by atoms with Gasteiger partial charge in [0.05, 0.1) is 11.8 Å². The molecule has 1 N–H and O–H groups in total. The fourth-order valence-corrected chi connectivity index (χ4v) is 1.40. The Morgan fingerprint density at radius 1 is 1.24 bits per heavy atom. The molecule has 0 aliphatic rings. The summed E-state index contributed by atoms with van der Waals surface area (Å²) in [5.74, 6) is -1.03. The van der Waals surface area contributed by atoms with Gasteiger partial charge in [-0.2, -0.15) is 13.9 Å². The van der Waals surface area contributed by atoms with Crippen LogP contribution in [0.4, 0.5) is 8.78 Å². The van der Waals surface area contributed by atoms with Crippen molar-refractivity contribution in [3.8, 4) is 11.1 Å². The molecule has 0 saturated heterocycles. The van der Waals surface area contributed by atoms with Gasteiger partial charge in [0, 0.05) is 11.8 Å². The molecule has 0 radical (unpaired) electrons. The lowest BCUT2D eigenvalue weighted by molar-refractivity contribution is 0.0566. The number of alkyl halides is 2. The standard InChI is InChI=1S/C11H8F2N2O2/c12-11(13)15-6-9(5-14-15)7-1-3-8(4-2-7)10(16)17/h1-6,11H,(H,16,17). The van der Waals surface area contributed by atoms with E-state index in [9.17, 15) is 13.6 Å². The van der Waals surface area contributed by atoms with Gasteiger partial charge in [0.1, 0.15) is 0 Å². The van der Waals surface area contributed by atoms with E-state index in [4.69, 9.17) is 5.11 Å². The van der Waals surface area contributed by atoms with Gasteiger partial charge < -0.3 is 5.11 Å². The number of aromatic nitrogens is 2. The van der Waals surface area contributed by atoms with Crippen LogP contribution in [0.2, 0.25) is 0 Å². The number of aromatic carboxylic acids is 1. The fourth-order valence-electron chi connectivity index (χ4n) is 1.40. The largest absolute Gasteiger partial charge is 0.478 e. The molecule has 2 aromatic rings. The number of nitrogens with zero attached hydrogens (tertiary/aromatic N) is 2. The third-order valence-corrected chi connectivity index (χ3v) is 2.27. The van der Waals surface area contributed by atoms with Gasteiger partial charge in [0.25, 0.3) is 0 Å². The van der Waals surface area contributed by atoms with Crippen LogP contribution in [-0.4, -0.2) is 20.9 Å². The molecule has 0 aliphatic carbocycles. The Labute approximate surface area is 95.1 Å². The smallest absolute Gasteiger partial charge is 0.335 e. The Hall–Kier alpha value is -2.24. The maximum Gasteiger partial charge on any atom is 0.335 e. The quantitative estimate of drug-likeness (QED) is 0.894. The summed E-state index contributed by atoms with van der Waals surface area (Å²) >= 11 is 0. The molecular weight excluding hydrogens is 230 g/mol. The summed E-state index contributed by atoms with van der Waals surface area (Å²) < 4.78 is 25.1. The Morgan fingerprint density at radius 2 is 1.88 bits per heavy atom. The number of hydrogen-bond acceptors (Lipinski definition) is 2. The highest BCUT2D eigenvalue weighted by molar-refractivity contribution is 5.88. The molecular formula is C11H8F2N2O2. The van der Waals surface area contributed by atoms with Gasteiger partial charge in [-0.1, -0.05) is 12.1 Å². The molecule has 0 spiro atoms. The van der Waals surface area contributed by atoms with E-state index < -0.39 is 12.5 Å². The summed E-state index contributed by atoms with van der Waals surface area (Å²) in [5.41, 5.74) is 1.30. The molecule has 2 rings (SSSR count). The van der Waals surface area contributed by atoms with E-state index in [-0.39, 0.29) is 5.56 Å². The summed E-state index contributed by atoms with van der Waals surface area (Å²) in [5, 5.41) is 12.2. The molecule has 0 unspecified atom stereocenters. The predicted molar refractivity (Wildman–Crippen MR) is 55.9 cm³/mol. The zero-order valence-electron chi connectivity index (χ0n) is 8.55. The number of hydrogen-bond donors (Lipinski definition) is 1. The third-order valence-electron chi connectivity index (χ3n) is 2.27. The lowest BCUT2D eigenvalue weighted by atomic mass is 10.1. The van der Waals surface area contributed by atoms with Crippen LogP contribution in [0.25, 0.3) is 11.1 Å². The first kappa shape index (κ1) is 11.3. The molecule has 1 aromatic heterocycles. The molecule has 0 bridgehead atoms. The summed E-state index contributed by atoms with van der Waals surface area (Å²) in [7, 11) is 0. The average molecular weight is 238 g/mol. The second kappa shape index (κ2) is 4.32. The Morgan fingerprint density at radius 3 is 2.35 bits per heavy atom. The minimum atomic E-state index is -2.68. The number of rotatable bonds is 3. The van der Waals surface area contributed by atoms with Gasteiger partial charge in [-0.15, -0.1) is 0 Å². The predicted octanol–water partition coefficient (Wildman–Crippen LogP) is 2.64. The first-order valence-corrected chi connectivity index (χ1v) is 4.74. The molecule has 6 heteroatoms. The van der Waals surface area contributed by atoms with Crippen LogP contribution >= 0.6 is 0 Å². The Bertz CT molecular complexity index is 535. The summed E-state index contributed by atoms with van der Waals surface area (Å²) in [6, 6.07) is 5.93. The zero-order valence-corrected chi connectivity index (χ0v) is 8.55. The van der Waals surface area contributed by atoms with E-state index in [0.29, 0.717) is 15.8 Å². The molecule has 17 heavy (non-hydrogen) atoms. The molecule has 0 amide bonds. The molecule has 0 fully saturated rings. The van der Waals surface area contributed by atoms with Crippen LogP contribution in [0.15, 0.2) is 36.7 Å². The molecule has 0 atom stereocenters. The molecule has 0 saturated carbocycles. The zero-order chi connectivity index (χ0) is 12.4. The van der Waals surface area contributed by atoms with E-state index in [1.165, 1.54) is 24.5 Å². The summed E-state index contributed by atoms with van der Waals surface area (Å²) in [6.45, 7) is -2.68. The van der Waals surface area contributed by atoms with Crippen molar-refractivity contribution < 1.29 is 18.7 Å². The molecule has 1 heterocycles. The maximum absolute atomic E-state index is 12.3. The van der Waals surface area contributed by atoms with Gasteiger partial charge in [-0.05, 0) is 17.7 Å². The van der Waals surface area contributed by atoms with Crippen LogP contribution in [0.1, 0.15) is 16.9 Å². The van der Waals surface area contributed by atoms with Gasteiger partial charge >= 0.3 is 12.5 Å². The van der Waals surface area contributed by atoms with Crippen molar-refractivity contribution in [3.05, 3.63) is 42.2 Å². The fraction of sp³-hybridized carbons (Fsp3) is 0.0909. The highest BCUT2D eigenvalue weighted by Crippen LogP contribution is 2.21. The van der Waals surface area contributed by atoms with E-state index in [0.717, 1.165) is 0 Å². The lowest BCUT2D eigenvalue weighted by Gasteiger charge is -1.98. The maximum atomic E-state index is 12.3. The van der Waals surface area contributed by atoms with E-state index in [2.05, 4.69) is 5.10 Å². The monoisotopic (exact) mass is 238 g/mol. The van der Waals surface area contributed by atoms with Gasteiger partial charge in [0.15, 0.2) is 0 Å². The Kier molecular flexibility index (Phi) is 2.86. The summed E-state index contributed by atoms with van der Waals surface area (Å²) in [6.07, 6.45) is 2.52. The SMILES string of the molecule is O=C(O)c1ccc(-c2cnn(C(F)F)c2)cc1. The van der Waals surface area contributed by atoms with Crippen molar-refractivity contribution >= 4 is 5.97 Å².